The minimum Gasteiger partial charge on any atom is -0.469 e. The molecule has 6 heteroatoms. The molecular weight excluding hydrogens is 260 g/mol. The minimum atomic E-state index is -0.500. The zero-order valence-electron chi connectivity index (χ0n) is 12.2. The van der Waals surface area contributed by atoms with E-state index >= 15 is 0 Å². The number of rotatable bonds is 3. The second-order valence-corrected chi connectivity index (χ2v) is 6.10. The van der Waals surface area contributed by atoms with Crippen molar-refractivity contribution >= 4 is 6.09 Å². The highest BCUT2D eigenvalue weighted by molar-refractivity contribution is 5.68. The number of ether oxygens (including phenoxy) is 1. The topological polar surface area (TPSA) is 77.9 Å². The Kier molecular flexibility index (Phi) is 4.35. The van der Waals surface area contributed by atoms with Crippen LogP contribution in [0.2, 0.25) is 0 Å². The van der Waals surface area contributed by atoms with E-state index in [-0.39, 0.29) is 17.9 Å². The average Bonchev–Trinajstić information content (AvgIpc) is 2.94. The molecule has 1 aliphatic heterocycles. The van der Waals surface area contributed by atoms with Gasteiger partial charge in [0.05, 0.1) is 12.9 Å². The Balaban J connectivity index is 2.06. The van der Waals surface area contributed by atoms with Crippen LogP contribution < -0.4 is 5.90 Å². The number of likely N-dealkylation sites (tertiary alicyclic amines) is 1. The fourth-order valence-corrected chi connectivity index (χ4v) is 2.46. The van der Waals surface area contributed by atoms with Gasteiger partial charge in [0, 0.05) is 24.9 Å². The Bertz CT molecular complexity index is 439. The largest absolute Gasteiger partial charge is 0.469 e. The Morgan fingerprint density at radius 1 is 1.50 bits per heavy atom. The van der Waals surface area contributed by atoms with Crippen LogP contribution in [0.15, 0.2) is 22.8 Å². The predicted molar refractivity (Wildman–Crippen MR) is 72.9 cm³/mol. The highest BCUT2D eigenvalue weighted by Crippen LogP contribution is 2.33. The first-order valence-electron chi connectivity index (χ1n) is 6.73. The van der Waals surface area contributed by atoms with Gasteiger partial charge in [0.1, 0.15) is 11.4 Å². The third-order valence-electron chi connectivity index (χ3n) is 3.31. The Hall–Kier alpha value is -1.53. The van der Waals surface area contributed by atoms with Crippen LogP contribution in [0.3, 0.4) is 0 Å². The van der Waals surface area contributed by atoms with Crippen molar-refractivity contribution in [3.8, 4) is 0 Å². The summed E-state index contributed by atoms with van der Waals surface area (Å²) >= 11 is 0. The summed E-state index contributed by atoms with van der Waals surface area (Å²) in [4.78, 5) is 18.6. The normalized spacial score (nSPS) is 23.1. The van der Waals surface area contributed by atoms with E-state index in [2.05, 4.69) is 0 Å². The van der Waals surface area contributed by atoms with Gasteiger partial charge >= 0.3 is 6.09 Å². The summed E-state index contributed by atoms with van der Waals surface area (Å²) in [6.45, 7) is 7.04. The van der Waals surface area contributed by atoms with Crippen LogP contribution in [0, 0.1) is 5.92 Å². The fraction of sp³-hybridized carbons (Fsp3) is 0.643. The summed E-state index contributed by atoms with van der Waals surface area (Å²) in [5.74, 6) is 6.22. The SMILES string of the molecule is CC(C)(C)OC(=O)N1CC(CON)C(c2ccco2)C1. The van der Waals surface area contributed by atoms with E-state index in [0.717, 1.165) is 5.76 Å². The second kappa shape index (κ2) is 5.85. The number of hydrogen-bond acceptors (Lipinski definition) is 5. The molecule has 1 saturated heterocycles. The van der Waals surface area contributed by atoms with Crippen LogP contribution >= 0.6 is 0 Å². The first kappa shape index (κ1) is 14.9. The molecule has 2 unspecified atom stereocenters. The van der Waals surface area contributed by atoms with E-state index in [1.54, 1.807) is 11.2 Å². The highest BCUT2D eigenvalue weighted by Gasteiger charge is 2.39. The average molecular weight is 282 g/mol. The zero-order valence-corrected chi connectivity index (χ0v) is 12.2. The molecule has 1 aromatic heterocycles. The smallest absolute Gasteiger partial charge is 0.410 e. The lowest BCUT2D eigenvalue weighted by atomic mass is 9.95. The van der Waals surface area contributed by atoms with Crippen LogP contribution in [0.25, 0.3) is 0 Å². The van der Waals surface area contributed by atoms with E-state index in [9.17, 15) is 4.79 Å². The number of nitrogens with zero attached hydrogens (tertiary/aromatic N) is 1. The summed E-state index contributed by atoms with van der Waals surface area (Å²) in [5.41, 5.74) is -0.500. The standard InChI is InChI=1S/C14H22N2O4/c1-14(2,3)20-13(17)16-7-10(9-19-15)11(8-16)12-5-4-6-18-12/h4-6,10-11H,7-9,15H2,1-3H3. The number of carbonyl (C=O) groups excluding carboxylic acids is 1. The molecule has 0 radical (unpaired) electrons. The number of carbonyl (C=O) groups is 1. The molecule has 1 aliphatic rings. The van der Waals surface area contributed by atoms with Gasteiger partial charge in [0.15, 0.2) is 0 Å². The molecule has 0 bridgehead atoms. The maximum atomic E-state index is 12.1. The van der Waals surface area contributed by atoms with Gasteiger partial charge in [-0.15, -0.1) is 0 Å². The maximum absolute atomic E-state index is 12.1. The molecule has 2 heterocycles. The zero-order chi connectivity index (χ0) is 14.8. The van der Waals surface area contributed by atoms with E-state index in [0.29, 0.717) is 19.7 Å². The molecule has 1 fully saturated rings. The van der Waals surface area contributed by atoms with Crippen molar-refractivity contribution in [2.24, 2.45) is 11.8 Å². The van der Waals surface area contributed by atoms with Crippen LogP contribution in [-0.2, 0) is 9.57 Å². The molecular formula is C14H22N2O4. The lowest BCUT2D eigenvalue weighted by Gasteiger charge is -2.24. The monoisotopic (exact) mass is 282 g/mol. The van der Waals surface area contributed by atoms with Gasteiger partial charge in [-0.05, 0) is 32.9 Å². The molecule has 20 heavy (non-hydrogen) atoms. The third kappa shape index (κ3) is 3.52. The first-order chi connectivity index (χ1) is 9.40. The maximum Gasteiger partial charge on any atom is 0.410 e. The van der Waals surface area contributed by atoms with Crippen LogP contribution in [-0.4, -0.2) is 36.3 Å². The van der Waals surface area contributed by atoms with Crippen molar-refractivity contribution in [3.05, 3.63) is 24.2 Å². The number of nitrogens with two attached hydrogens (primary N) is 1. The molecule has 0 aromatic carbocycles. The molecule has 6 nitrogen and oxygen atoms in total. The fourth-order valence-electron chi connectivity index (χ4n) is 2.46. The molecule has 0 aliphatic carbocycles. The summed E-state index contributed by atoms with van der Waals surface area (Å²) in [7, 11) is 0. The molecule has 0 spiro atoms. The van der Waals surface area contributed by atoms with Gasteiger partial charge in [-0.25, -0.2) is 10.7 Å². The van der Waals surface area contributed by atoms with Crippen LogP contribution in [0.1, 0.15) is 32.4 Å². The quantitative estimate of drug-likeness (QED) is 0.859. The van der Waals surface area contributed by atoms with Gasteiger partial charge in [0.2, 0.25) is 0 Å². The summed E-state index contributed by atoms with van der Waals surface area (Å²) in [6.07, 6.45) is 1.32. The van der Waals surface area contributed by atoms with Gasteiger partial charge < -0.3 is 18.9 Å². The van der Waals surface area contributed by atoms with Gasteiger partial charge in [-0.3, -0.25) is 0 Å². The van der Waals surface area contributed by atoms with Gasteiger partial charge in [-0.2, -0.15) is 0 Å². The van der Waals surface area contributed by atoms with Crippen molar-refractivity contribution < 1.29 is 18.8 Å². The molecule has 112 valence electrons. The molecule has 2 rings (SSSR count). The number of hydrogen-bond donors (Lipinski definition) is 1. The van der Waals surface area contributed by atoms with Crippen LogP contribution in [0.4, 0.5) is 4.79 Å². The van der Waals surface area contributed by atoms with E-state index in [1.807, 2.05) is 32.9 Å². The third-order valence-corrected chi connectivity index (χ3v) is 3.31. The second-order valence-electron chi connectivity index (χ2n) is 6.10. The lowest BCUT2D eigenvalue weighted by Crippen LogP contribution is -2.35. The molecule has 1 aromatic rings. The van der Waals surface area contributed by atoms with Crippen molar-refractivity contribution in [1.29, 1.82) is 0 Å². The Morgan fingerprint density at radius 3 is 2.80 bits per heavy atom. The molecule has 2 N–H and O–H groups in total. The van der Waals surface area contributed by atoms with Crippen LogP contribution in [0.5, 0.6) is 0 Å². The van der Waals surface area contributed by atoms with E-state index in [1.165, 1.54) is 0 Å². The summed E-state index contributed by atoms with van der Waals surface area (Å²) < 4.78 is 10.8. The predicted octanol–water partition coefficient (Wildman–Crippen LogP) is 2.12. The number of amides is 1. The van der Waals surface area contributed by atoms with Crippen molar-refractivity contribution in [3.63, 3.8) is 0 Å². The lowest BCUT2D eigenvalue weighted by molar-refractivity contribution is 0.0274. The van der Waals surface area contributed by atoms with Gasteiger partial charge in [0.25, 0.3) is 0 Å². The number of furan rings is 1. The Labute approximate surface area is 118 Å². The minimum absolute atomic E-state index is 0.0843. The first-order valence-corrected chi connectivity index (χ1v) is 6.73. The summed E-state index contributed by atoms with van der Waals surface area (Å²) in [5, 5.41) is 0. The molecule has 1 amide bonds. The molecule has 2 atom stereocenters. The van der Waals surface area contributed by atoms with E-state index in [4.69, 9.17) is 19.9 Å². The van der Waals surface area contributed by atoms with Gasteiger partial charge in [-0.1, -0.05) is 0 Å². The Morgan fingerprint density at radius 2 is 2.25 bits per heavy atom. The van der Waals surface area contributed by atoms with Crippen molar-refractivity contribution in [2.45, 2.75) is 32.3 Å². The van der Waals surface area contributed by atoms with Crippen molar-refractivity contribution in [2.75, 3.05) is 19.7 Å². The summed E-state index contributed by atoms with van der Waals surface area (Å²) in [6, 6.07) is 3.75. The van der Waals surface area contributed by atoms with E-state index < -0.39 is 5.60 Å². The molecule has 0 saturated carbocycles. The highest BCUT2D eigenvalue weighted by atomic mass is 16.6. The van der Waals surface area contributed by atoms with Crippen molar-refractivity contribution in [1.82, 2.24) is 4.90 Å².